The van der Waals surface area contributed by atoms with Gasteiger partial charge in [0.25, 0.3) is 0 Å². The monoisotopic (exact) mass is 478 g/mol. The molecule has 1 aromatic carbocycles. The van der Waals surface area contributed by atoms with Crippen LogP contribution in [0.25, 0.3) is 0 Å². The standard InChI is InChI=1S/C23H34N4O5S/c1-15(2)25-20(29)19(16-9-7-8-10-18(16)28)27(13-12-24)21(30)17(11-14-33-6)26-22(31)32-23(3,4)5/h7-10,15,17,19,28H,11,13-14H2,1-6H3,(H,25,29)(H,26,31). The van der Waals surface area contributed by atoms with Crippen molar-refractivity contribution in [3.05, 3.63) is 29.8 Å². The summed E-state index contributed by atoms with van der Waals surface area (Å²) in [6.07, 6.45) is 1.35. The van der Waals surface area contributed by atoms with Gasteiger partial charge in [0, 0.05) is 11.6 Å². The van der Waals surface area contributed by atoms with E-state index in [0.29, 0.717) is 5.75 Å². The molecule has 0 radical (unpaired) electrons. The molecule has 9 nitrogen and oxygen atoms in total. The average molecular weight is 479 g/mol. The van der Waals surface area contributed by atoms with Crippen molar-refractivity contribution in [3.8, 4) is 11.8 Å². The summed E-state index contributed by atoms with van der Waals surface area (Å²) in [7, 11) is 0. The molecular formula is C23H34N4O5S. The van der Waals surface area contributed by atoms with Gasteiger partial charge in [0.05, 0.1) is 6.07 Å². The zero-order valence-corrected chi connectivity index (χ0v) is 20.9. The quantitative estimate of drug-likeness (QED) is 0.441. The predicted octanol–water partition coefficient (Wildman–Crippen LogP) is 2.96. The number of amides is 3. The first-order chi connectivity index (χ1) is 15.4. The molecule has 10 heteroatoms. The SMILES string of the molecule is CSCCC(NC(=O)OC(C)(C)C)C(=O)N(CC#N)C(C(=O)NC(C)C)c1ccccc1O. The minimum atomic E-state index is -1.27. The maximum atomic E-state index is 13.6. The maximum absolute atomic E-state index is 13.6. The Balaban J connectivity index is 3.41. The molecule has 33 heavy (non-hydrogen) atoms. The third-order valence-corrected chi connectivity index (χ3v) is 4.99. The number of hydrogen-bond acceptors (Lipinski definition) is 7. The summed E-state index contributed by atoms with van der Waals surface area (Å²) in [4.78, 5) is 40.2. The molecule has 0 fully saturated rings. The normalized spacial score (nSPS) is 12.9. The van der Waals surface area contributed by atoms with Crippen LogP contribution in [0.4, 0.5) is 4.79 Å². The van der Waals surface area contributed by atoms with E-state index >= 15 is 0 Å². The third kappa shape index (κ3) is 9.22. The second kappa shape index (κ2) is 12.9. The fourth-order valence-corrected chi connectivity index (χ4v) is 3.52. The van der Waals surface area contributed by atoms with Gasteiger partial charge in [-0.05, 0) is 59.1 Å². The fraction of sp³-hybridized carbons (Fsp3) is 0.565. The van der Waals surface area contributed by atoms with E-state index in [1.165, 1.54) is 23.9 Å². The van der Waals surface area contributed by atoms with Crippen molar-refractivity contribution >= 4 is 29.7 Å². The number of benzene rings is 1. The maximum Gasteiger partial charge on any atom is 0.408 e. The van der Waals surface area contributed by atoms with Gasteiger partial charge in [-0.3, -0.25) is 9.59 Å². The predicted molar refractivity (Wildman–Crippen MR) is 128 cm³/mol. The first-order valence-corrected chi connectivity index (χ1v) is 12.0. The van der Waals surface area contributed by atoms with Crippen LogP contribution in [0.1, 0.15) is 52.6 Å². The number of hydrogen-bond donors (Lipinski definition) is 3. The lowest BCUT2D eigenvalue weighted by Gasteiger charge is -2.33. The van der Waals surface area contributed by atoms with Gasteiger partial charge in [-0.2, -0.15) is 17.0 Å². The number of alkyl carbamates (subject to hydrolysis) is 1. The molecule has 1 rings (SSSR count). The van der Waals surface area contributed by atoms with Gasteiger partial charge in [0.1, 0.15) is 30.0 Å². The Labute approximate surface area is 199 Å². The number of carbonyl (C=O) groups excluding carboxylic acids is 3. The topological polar surface area (TPSA) is 132 Å². The van der Waals surface area contributed by atoms with Crippen molar-refractivity contribution in [2.24, 2.45) is 0 Å². The molecule has 1 aromatic rings. The number of ether oxygens (including phenoxy) is 1. The highest BCUT2D eigenvalue weighted by Gasteiger charge is 2.37. The Hall–Kier alpha value is -2.93. The van der Waals surface area contributed by atoms with Crippen molar-refractivity contribution in [3.63, 3.8) is 0 Å². The lowest BCUT2D eigenvalue weighted by molar-refractivity contribution is -0.142. The largest absolute Gasteiger partial charge is 0.508 e. The van der Waals surface area contributed by atoms with E-state index in [0.717, 1.165) is 4.90 Å². The van der Waals surface area contributed by atoms with E-state index in [1.807, 2.05) is 12.3 Å². The zero-order chi connectivity index (χ0) is 25.2. The summed E-state index contributed by atoms with van der Waals surface area (Å²) in [5, 5.41) is 25.2. The Morgan fingerprint density at radius 2 is 1.85 bits per heavy atom. The number of nitrogens with zero attached hydrogens (tertiary/aromatic N) is 2. The smallest absolute Gasteiger partial charge is 0.408 e. The molecule has 2 atom stereocenters. The molecule has 182 valence electrons. The lowest BCUT2D eigenvalue weighted by atomic mass is 10.0. The number of carbonyl (C=O) groups is 3. The first-order valence-electron chi connectivity index (χ1n) is 10.7. The van der Waals surface area contributed by atoms with Crippen molar-refractivity contribution in [1.29, 1.82) is 5.26 Å². The zero-order valence-electron chi connectivity index (χ0n) is 20.0. The van der Waals surface area contributed by atoms with Crippen LogP contribution >= 0.6 is 11.8 Å². The summed E-state index contributed by atoms with van der Waals surface area (Å²) >= 11 is 1.49. The molecule has 0 spiro atoms. The van der Waals surface area contributed by atoms with Gasteiger partial charge in [0.15, 0.2) is 0 Å². The summed E-state index contributed by atoms with van der Waals surface area (Å²) < 4.78 is 5.29. The van der Waals surface area contributed by atoms with E-state index in [1.54, 1.807) is 46.8 Å². The van der Waals surface area contributed by atoms with Crippen LogP contribution in [-0.2, 0) is 14.3 Å². The van der Waals surface area contributed by atoms with Crippen molar-refractivity contribution in [2.75, 3.05) is 18.6 Å². The molecule has 0 aromatic heterocycles. The van der Waals surface area contributed by atoms with Crippen LogP contribution in [0.5, 0.6) is 5.75 Å². The van der Waals surface area contributed by atoms with Gasteiger partial charge in [-0.1, -0.05) is 18.2 Å². The minimum absolute atomic E-state index is 0.181. The molecule has 0 aliphatic carbocycles. The van der Waals surface area contributed by atoms with E-state index in [4.69, 9.17) is 4.74 Å². The van der Waals surface area contributed by atoms with Gasteiger partial charge in [-0.25, -0.2) is 4.79 Å². The van der Waals surface area contributed by atoms with Crippen LogP contribution in [0, 0.1) is 11.3 Å². The van der Waals surface area contributed by atoms with E-state index in [-0.39, 0.29) is 23.8 Å². The van der Waals surface area contributed by atoms with Gasteiger partial charge >= 0.3 is 6.09 Å². The molecule has 0 bridgehead atoms. The number of thioether (sulfide) groups is 1. The summed E-state index contributed by atoms with van der Waals surface area (Å²) in [6.45, 7) is 8.23. The first kappa shape index (κ1) is 28.1. The van der Waals surface area contributed by atoms with Gasteiger partial charge in [-0.15, -0.1) is 0 Å². The molecule has 2 unspecified atom stereocenters. The molecule has 0 saturated heterocycles. The Morgan fingerprint density at radius 3 is 2.36 bits per heavy atom. The van der Waals surface area contributed by atoms with E-state index < -0.39 is 42.1 Å². The minimum Gasteiger partial charge on any atom is -0.508 e. The van der Waals surface area contributed by atoms with Gasteiger partial charge < -0.3 is 25.4 Å². The van der Waals surface area contributed by atoms with Crippen molar-refractivity contribution < 1.29 is 24.2 Å². The molecule has 3 amide bonds. The number of aromatic hydroxyl groups is 1. The number of nitriles is 1. The summed E-state index contributed by atoms with van der Waals surface area (Å²) in [6, 6.07) is 5.55. The number of phenols is 1. The van der Waals surface area contributed by atoms with Crippen LogP contribution in [0.3, 0.4) is 0 Å². The molecule has 3 N–H and O–H groups in total. The van der Waals surface area contributed by atoms with Crippen molar-refractivity contribution in [2.45, 2.75) is 64.8 Å². The molecular weight excluding hydrogens is 444 g/mol. The second-order valence-corrected chi connectivity index (χ2v) is 9.71. The average Bonchev–Trinajstić information content (AvgIpc) is 2.69. The van der Waals surface area contributed by atoms with Gasteiger partial charge in [0.2, 0.25) is 11.8 Å². The van der Waals surface area contributed by atoms with Crippen LogP contribution in [-0.4, -0.2) is 64.2 Å². The Bertz CT molecular complexity index is 863. The number of rotatable bonds is 10. The Morgan fingerprint density at radius 1 is 1.21 bits per heavy atom. The van der Waals surface area contributed by atoms with E-state index in [2.05, 4.69) is 10.6 Å². The highest BCUT2D eigenvalue weighted by molar-refractivity contribution is 7.98. The van der Waals surface area contributed by atoms with Crippen molar-refractivity contribution in [1.82, 2.24) is 15.5 Å². The highest BCUT2D eigenvalue weighted by Crippen LogP contribution is 2.30. The van der Waals surface area contributed by atoms with Crippen LogP contribution in [0.15, 0.2) is 24.3 Å². The lowest BCUT2D eigenvalue weighted by Crippen LogP contribution is -2.53. The molecule has 0 heterocycles. The van der Waals surface area contributed by atoms with Crippen LogP contribution in [0.2, 0.25) is 0 Å². The molecule has 0 aliphatic heterocycles. The summed E-state index contributed by atoms with van der Waals surface area (Å²) in [5.41, 5.74) is -0.584. The van der Waals surface area contributed by atoms with E-state index in [9.17, 15) is 24.8 Å². The fourth-order valence-electron chi connectivity index (χ4n) is 3.05. The highest BCUT2D eigenvalue weighted by atomic mass is 32.2. The molecule has 0 saturated carbocycles. The number of para-hydroxylation sites is 1. The van der Waals surface area contributed by atoms with Crippen LogP contribution < -0.4 is 10.6 Å². The Kier molecular flexibility index (Phi) is 11.0. The second-order valence-electron chi connectivity index (χ2n) is 8.73. The number of phenolic OH excluding ortho intramolecular Hbond substituents is 1. The molecule has 0 aliphatic rings. The third-order valence-electron chi connectivity index (χ3n) is 4.35. The number of nitrogens with one attached hydrogen (secondary N) is 2. The summed E-state index contributed by atoms with van der Waals surface area (Å²) in [5.74, 6) is -0.802.